The Kier molecular flexibility index (Phi) is 5.76. The topological polar surface area (TPSA) is 52.1 Å². The Bertz CT molecular complexity index is 945. The number of halogens is 4. The third kappa shape index (κ3) is 5.05. The number of carbonyl (C=O) groups excluding carboxylic acids is 1. The summed E-state index contributed by atoms with van der Waals surface area (Å²) in [5.74, 6) is -0.612. The molecule has 0 fully saturated rings. The summed E-state index contributed by atoms with van der Waals surface area (Å²) < 4.78 is 41.5. The van der Waals surface area contributed by atoms with Gasteiger partial charge in [0.25, 0.3) is 0 Å². The first-order valence-corrected chi connectivity index (χ1v) is 8.96. The van der Waals surface area contributed by atoms with Crippen molar-refractivity contribution in [2.24, 2.45) is 0 Å². The van der Waals surface area contributed by atoms with Crippen LogP contribution in [-0.4, -0.2) is 22.1 Å². The van der Waals surface area contributed by atoms with E-state index < -0.39 is 6.36 Å². The summed E-state index contributed by atoms with van der Waals surface area (Å²) >= 11 is 7.20. The van der Waals surface area contributed by atoms with Gasteiger partial charge in [0.2, 0.25) is 0 Å². The molecule has 2 heterocycles. The second kappa shape index (κ2) is 8.06. The van der Waals surface area contributed by atoms with E-state index in [-0.39, 0.29) is 40.0 Å². The monoisotopic (exact) mass is 412 g/mol. The Balaban J connectivity index is 1.73. The zero-order valence-electron chi connectivity index (χ0n) is 13.7. The Hall–Kier alpha value is -2.45. The number of Topliss-reactive ketones (excluding diaryl/α,β-unsaturated/α-hetero) is 1. The molecule has 140 valence electrons. The first kappa shape index (κ1) is 19.3. The summed E-state index contributed by atoms with van der Waals surface area (Å²) in [6.45, 7) is 0. The predicted octanol–water partition coefficient (Wildman–Crippen LogP) is 5.57. The number of pyridine rings is 1. The molecule has 3 aromatic rings. The van der Waals surface area contributed by atoms with Crippen molar-refractivity contribution in [3.8, 4) is 16.3 Å². The number of carbonyl (C=O) groups is 1. The molecule has 0 spiro atoms. The molecule has 3 rings (SSSR count). The van der Waals surface area contributed by atoms with Gasteiger partial charge in [-0.2, -0.15) is 0 Å². The first-order chi connectivity index (χ1) is 12.8. The van der Waals surface area contributed by atoms with E-state index in [1.54, 1.807) is 30.6 Å². The number of rotatable bonds is 6. The number of ketones is 1. The van der Waals surface area contributed by atoms with Gasteiger partial charge < -0.3 is 4.74 Å². The number of benzene rings is 1. The lowest BCUT2D eigenvalue weighted by atomic mass is 10.1. The summed E-state index contributed by atoms with van der Waals surface area (Å²) in [5, 5.41) is 0.626. The molecular weight excluding hydrogens is 401 g/mol. The summed E-state index contributed by atoms with van der Waals surface area (Å²) in [5.41, 5.74) is 1.02. The van der Waals surface area contributed by atoms with E-state index in [1.807, 2.05) is 0 Å². The molecule has 2 aromatic heterocycles. The van der Waals surface area contributed by atoms with Crippen LogP contribution in [0.15, 0.2) is 48.8 Å². The highest BCUT2D eigenvalue weighted by molar-refractivity contribution is 7.17. The fourth-order valence-electron chi connectivity index (χ4n) is 2.38. The van der Waals surface area contributed by atoms with Crippen LogP contribution in [0.1, 0.15) is 21.7 Å². The van der Waals surface area contributed by atoms with Crippen LogP contribution in [0.4, 0.5) is 13.2 Å². The lowest BCUT2D eigenvalue weighted by Gasteiger charge is -2.12. The molecule has 0 amide bonds. The van der Waals surface area contributed by atoms with Crippen LogP contribution in [0.5, 0.6) is 5.75 Å². The molecule has 1 aromatic carbocycles. The van der Waals surface area contributed by atoms with Gasteiger partial charge in [0.1, 0.15) is 15.6 Å². The average Bonchev–Trinajstić information content (AvgIpc) is 3.02. The van der Waals surface area contributed by atoms with E-state index in [0.717, 1.165) is 16.9 Å². The van der Waals surface area contributed by atoms with Gasteiger partial charge in [0.15, 0.2) is 10.9 Å². The van der Waals surface area contributed by atoms with Gasteiger partial charge >= 0.3 is 6.36 Å². The van der Waals surface area contributed by atoms with Gasteiger partial charge in [0.05, 0.1) is 0 Å². The number of thiazole rings is 1. The molecule has 0 bridgehead atoms. The third-order valence-electron chi connectivity index (χ3n) is 3.57. The number of aromatic nitrogens is 2. The number of hydrogen-bond acceptors (Lipinski definition) is 5. The van der Waals surface area contributed by atoms with E-state index in [9.17, 15) is 18.0 Å². The molecule has 0 aliphatic rings. The number of aryl methyl sites for hydroxylation is 1. The van der Waals surface area contributed by atoms with Crippen LogP contribution >= 0.6 is 22.9 Å². The van der Waals surface area contributed by atoms with Gasteiger partial charge in [-0.25, -0.2) is 4.98 Å². The molecule has 0 N–H and O–H groups in total. The maximum atomic E-state index is 12.5. The molecule has 0 aliphatic carbocycles. The van der Waals surface area contributed by atoms with E-state index >= 15 is 0 Å². The predicted molar refractivity (Wildman–Crippen MR) is 96.1 cm³/mol. The number of hydrogen-bond donors (Lipinski definition) is 0. The summed E-state index contributed by atoms with van der Waals surface area (Å²) in [6.07, 6.45) is -1.51. The lowest BCUT2D eigenvalue weighted by Crippen LogP contribution is -2.18. The van der Waals surface area contributed by atoms with Gasteiger partial charge in [-0.15, -0.1) is 24.5 Å². The Labute approximate surface area is 161 Å². The number of para-hydroxylation sites is 1. The second-order valence-corrected chi connectivity index (χ2v) is 6.82. The molecule has 27 heavy (non-hydrogen) atoms. The largest absolute Gasteiger partial charge is 0.573 e. The van der Waals surface area contributed by atoms with Crippen LogP contribution in [0.3, 0.4) is 0 Å². The fourth-order valence-corrected chi connectivity index (χ4v) is 3.65. The zero-order chi connectivity index (χ0) is 19.4. The molecule has 0 saturated carbocycles. The van der Waals surface area contributed by atoms with Crippen LogP contribution in [-0.2, 0) is 6.42 Å². The fraction of sp³-hybridized carbons (Fsp3) is 0.167. The summed E-state index contributed by atoms with van der Waals surface area (Å²) in [6, 6.07) is 9.26. The molecule has 0 unspecified atom stereocenters. The van der Waals surface area contributed by atoms with Crippen LogP contribution < -0.4 is 4.74 Å². The molecule has 0 saturated heterocycles. The maximum absolute atomic E-state index is 12.5. The molecular formula is C18H12ClF3N2O2S. The van der Waals surface area contributed by atoms with Crippen molar-refractivity contribution in [3.63, 3.8) is 0 Å². The van der Waals surface area contributed by atoms with Crippen molar-refractivity contribution < 1.29 is 22.7 Å². The van der Waals surface area contributed by atoms with Crippen LogP contribution in [0.25, 0.3) is 10.6 Å². The summed E-state index contributed by atoms with van der Waals surface area (Å²) in [4.78, 5) is 20.9. The average molecular weight is 413 g/mol. The summed E-state index contributed by atoms with van der Waals surface area (Å²) in [7, 11) is 0. The second-order valence-electron chi connectivity index (χ2n) is 5.46. The minimum Gasteiger partial charge on any atom is -0.406 e. The Morgan fingerprint density at radius 1 is 1.19 bits per heavy atom. The Morgan fingerprint density at radius 3 is 2.67 bits per heavy atom. The van der Waals surface area contributed by atoms with Gasteiger partial charge in [-0.3, -0.25) is 9.78 Å². The SMILES string of the molecule is O=C(CCc1ccccc1OC(F)(F)F)c1sc(-c2cccnc2)nc1Cl. The van der Waals surface area contributed by atoms with Crippen LogP contribution in [0, 0.1) is 0 Å². The number of alkyl halides is 3. The minimum absolute atomic E-state index is 0.0212. The van der Waals surface area contributed by atoms with E-state index in [0.29, 0.717) is 5.01 Å². The lowest BCUT2D eigenvalue weighted by molar-refractivity contribution is -0.274. The van der Waals surface area contributed by atoms with Crippen molar-refractivity contribution in [1.82, 2.24) is 9.97 Å². The van der Waals surface area contributed by atoms with Gasteiger partial charge in [-0.1, -0.05) is 29.8 Å². The molecule has 0 aliphatic heterocycles. The Morgan fingerprint density at radius 2 is 1.96 bits per heavy atom. The number of ether oxygens (including phenoxy) is 1. The molecule has 0 atom stereocenters. The highest BCUT2D eigenvalue weighted by Gasteiger charge is 2.32. The van der Waals surface area contributed by atoms with Crippen molar-refractivity contribution in [2.45, 2.75) is 19.2 Å². The standard InChI is InChI=1S/C18H12ClF3N2O2S/c19-16-15(27-17(24-16)12-5-3-9-23-10-12)13(25)8-7-11-4-1-2-6-14(11)26-18(20,21)22/h1-6,9-10H,7-8H2. The zero-order valence-corrected chi connectivity index (χ0v) is 15.2. The van der Waals surface area contributed by atoms with Crippen molar-refractivity contribution >= 4 is 28.7 Å². The minimum atomic E-state index is -4.79. The first-order valence-electron chi connectivity index (χ1n) is 7.77. The maximum Gasteiger partial charge on any atom is 0.573 e. The highest BCUT2D eigenvalue weighted by atomic mass is 35.5. The van der Waals surface area contributed by atoms with Crippen molar-refractivity contribution in [2.75, 3.05) is 0 Å². The van der Waals surface area contributed by atoms with Crippen LogP contribution in [0.2, 0.25) is 5.15 Å². The molecule has 0 radical (unpaired) electrons. The number of nitrogens with zero attached hydrogens (tertiary/aromatic N) is 2. The van der Waals surface area contributed by atoms with Gasteiger partial charge in [-0.05, 0) is 30.2 Å². The quantitative estimate of drug-likeness (QED) is 0.496. The van der Waals surface area contributed by atoms with Crippen molar-refractivity contribution in [1.29, 1.82) is 0 Å². The third-order valence-corrected chi connectivity index (χ3v) is 5.10. The smallest absolute Gasteiger partial charge is 0.406 e. The normalized spacial score (nSPS) is 11.4. The van der Waals surface area contributed by atoms with Crippen molar-refractivity contribution in [3.05, 3.63) is 64.4 Å². The molecule has 9 heteroatoms. The van der Waals surface area contributed by atoms with E-state index in [2.05, 4.69) is 14.7 Å². The van der Waals surface area contributed by atoms with E-state index in [1.165, 1.54) is 18.2 Å². The molecule has 4 nitrogen and oxygen atoms in total. The van der Waals surface area contributed by atoms with Gasteiger partial charge in [0, 0.05) is 24.4 Å². The van der Waals surface area contributed by atoms with E-state index in [4.69, 9.17) is 11.6 Å². The highest BCUT2D eigenvalue weighted by Crippen LogP contribution is 2.32.